The fourth-order valence-corrected chi connectivity index (χ4v) is 2.75. The minimum absolute atomic E-state index is 0.0238. The number of aliphatic hydroxyl groups excluding tert-OH is 1. The summed E-state index contributed by atoms with van der Waals surface area (Å²) in [6, 6.07) is 0. The topological polar surface area (TPSA) is 20.2 Å². The molecule has 1 saturated carbocycles. The van der Waals surface area contributed by atoms with Crippen LogP contribution in [0.1, 0.15) is 51.4 Å². The van der Waals surface area contributed by atoms with E-state index in [0.29, 0.717) is 5.92 Å². The zero-order valence-corrected chi connectivity index (χ0v) is 8.34. The van der Waals surface area contributed by atoms with Crippen LogP contribution in [0.5, 0.6) is 0 Å². The molecule has 1 fully saturated rings. The first-order valence-corrected chi connectivity index (χ1v) is 5.75. The van der Waals surface area contributed by atoms with Gasteiger partial charge in [0.05, 0.1) is 6.10 Å². The maximum absolute atomic E-state index is 9.79. The van der Waals surface area contributed by atoms with Crippen LogP contribution in [0, 0.1) is 5.92 Å². The second-order valence-corrected chi connectivity index (χ2v) is 4.48. The Morgan fingerprint density at radius 1 is 1.08 bits per heavy atom. The van der Waals surface area contributed by atoms with Gasteiger partial charge in [-0.3, -0.25) is 0 Å². The highest BCUT2D eigenvalue weighted by molar-refractivity contribution is 5.11. The first-order chi connectivity index (χ1) is 6.38. The summed E-state index contributed by atoms with van der Waals surface area (Å²) in [5, 5.41) is 9.79. The molecule has 0 amide bonds. The largest absolute Gasteiger partial charge is 0.393 e. The maximum Gasteiger partial charge on any atom is 0.0605 e. The van der Waals surface area contributed by atoms with Crippen molar-refractivity contribution in [1.82, 2.24) is 0 Å². The summed E-state index contributed by atoms with van der Waals surface area (Å²) < 4.78 is 0. The summed E-state index contributed by atoms with van der Waals surface area (Å²) in [4.78, 5) is 0. The molecule has 0 radical (unpaired) electrons. The van der Waals surface area contributed by atoms with Gasteiger partial charge in [0.2, 0.25) is 0 Å². The average Bonchev–Trinajstić information content (AvgIpc) is 2.43. The molecule has 0 aromatic heterocycles. The molecule has 2 aliphatic rings. The van der Waals surface area contributed by atoms with Crippen LogP contribution in [0.15, 0.2) is 11.6 Å². The molecule has 0 aromatic rings. The fourth-order valence-electron chi connectivity index (χ4n) is 2.75. The molecule has 0 aliphatic heterocycles. The molecule has 1 nitrogen and oxygen atoms in total. The van der Waals surface area contributed by atoms with Crippen molar-refractivity contribution in [1.29, 1.82) is 0 Å². The predicted octanol–water partition coefficient (Wildman–Crippen LogP) is 3.04. The number of rotatable bonds is 1. The van der Waals surface area contributed by atoms with E-state index >= 15 is 0 Å². The van der Waals surface area contributed by atoms with Gasteiger partial charge >= 0.3 is 0 Å². The monoisotopic (exact) mass is 180 g/mol. The van der Waals surface area contributed by atoms with Crippen molar-refractivity contribution in [2.24, 2.45) is 5.92 Å². The number of aliphatic hydroxyl groups is 1. The zero-order chi connectivity index (χ0) is 9.10. The number of allylic oxidation sites excluding steroid dienone is 1. The van der Waals surface area contributed by atoms with Gasteiger partial charge in [-0.25, -0.2) is 0 Å². The molecule has 13 heavy (non-hydrogen) atoms. The van der Waals surface area contributed by atoms with Crippen LogP contribution in [-0.4, -0.2) is 11.2 Å². The van der Waals surface area contributed by atoms with E-state index in [1.165, 1.54) is 44.9 Å². The SMILES string of the molecule is O[C@@H]1CCC[C@H]1C1=CCCCCC1. The third-order valence-electron chi connectivity index (χ3n) is 3.53. The molecule has 0 heterocycles. The van der Waals surface area contributed by atoms with Crippen LogP contribution in [-0.2, 0) is 0 Å². The van der Waals surface area contributed by atoms with Gasteiger partial charge in [-0.15, -0.1) is 0 Å². The summed E-state index contributed by atoms with van der Waals surface area (Å²) in [5.74, 6) is 0.526. The predicted molar refractivity (Wildman–Crippen MR) is 54.5 cm³/mol. The Hall–Kier alpha value is -0.300. The number of hydrogen-bond donors (Lipinski definition) is 1. The van der Waals surface area contributed by atoms with Crippen LogP contribution < -0.4 is 0 Å². The molecule has 1 N–H and O–H groups in total. The third-order valence-corrected chi connectivity index (χ3v) is 3.53. The van der Waals surface area contributed by atoms with Crippen molar-refractivity contribution >= 4 is 0 Å². The van der Waals surface area contributed by atoms with Crippen molar-refractivity contribution in [2.45, 2.75) is 57.5 Å². The van der Waals surface area contributed by atoms with Crippen LogP contribution in [0.25, 0.3) is 0 Å². The Kier molecular flexibility index (Phi) is 3.05. The van der Waals surface area contributed by atoms with E-state index in [1.807, 2.05) is 0 Å². The van der Waals surface area contributed by atoms with E-state index in [1.54, 1.807) is 5.57 Å². The van der Waals surface area contributed by atoms with Gasteiger partial charge in [0.25, 0.3) is 0 Å². The van der Waals surface area contributed by atoms with E-state index in [9.17, 15) is 5.11 Å². The fraction of sp³-hybridized carbons (Fsp3) is 0.833. The summed E-state index contributed by atoms with van der Waals surface area (Å²) in [7, 11) is 0. The van der Waals surface area contributed by atoms with Gasteiger partial charge < -0.3 is 5.11 Å². The van der Waals surface area contributed by atoms with Gasteiger partial charge in [0.15, 0.2) is 0 Å². The van der Waals surface area contributed by atoms with Crippen LogP contribution >= 0.6 is 0 Å². The van der Waals surface area contributed by atoms with E-state index < -0.39 is 0 Å². The quantitative estimate of drug-likeness (QED) is 0.615. The van der Waals surface area contributed by atoms with Gasteiger partial charge in [-0.05, 0) is 38.5 Å². The Labute approximate surface area is 80.8 Å². The highest BCUT2D eigenvalue weighted by atomic mass is 16.3. The van der Waals surface area contributed by atoms with Crippen LogP contribution in [0.4, 0.5) is 0 Å². The van der Waals surface area contributed by atoms with Crippen molar-refractivity contribution in [3.63, 3.8) is 0 Å². The van der Waals surface area contributed by atoms with Crippen molar-refractivity contribution in [2.75, 3.05) is 0 Å². The molecule has 2 rings (SSSR count). The third kappa shape index (κ3) is 2.14. The minimum Gasteiger partial charge on any atom is -0.393 e. The van der Waals surface area contributed by atoms with E-state index in [-0.39, 0.29) is 6.10 Å². The molecule has 2 aliphatic carbocycles. The minimum atomic E-state index is -0.0238. The lowest BCUT2D eigenvalue weighted by molar-refractivity contribution is 0.146. The Bertz CT molecular complexity index is 195. The van der Waals surface area contributed by atoms with Gasteiger partial charge in [-0.2, -0.15) is 0 Å². The number of hydrogen-bond acceptors (Lipinski definition) is 1. The van der Waals surface area contributed by atoms with Crippen LogP contribution in [0.2, 0.25) is 0 Å². The van der Waals surface area contributed by atoms with E-state index in [4.69, 9.17) is 0 Å². The molecule has 0 bridgehead atoms. The zero-order valence-electron chi connectivity index (χ0n) is 8.34. The van der Waals surface area contributed by atoms with E-state index in [0.717, 1.165) is 6.42 Å². The molecule has 0 spiro atoms. The summed E-state index contributed by atoms with van der Waals surface area (Å²) >= 11 is 0. The lowest BCUT2D eigenvalue weighted by Gasteiger charge is -2.17. The molecule has 74 valence electrons. The average molecular weight is 180 g/mol. The van der Waals surface area contributed by atoms with Crippen molar-refractivity contribution in [3.8, 4) is 0 Å². The summed E-state index contributed by atoms with van der Waals surface area (Å²) in [6.07, 6.45) is 12.4. The Morgan fingerprint density at radius 3 is 2.77 bits per heavy atom. The van der Waals surface area contributed by atoms with Crippen LogP contribution in [0.3, 0.4) is 0 Å². The molecule has 0 saturated heterocycles. The maximum atomic E-state index is 9.79. The van der Waals surface area contributed by atoms with Gasteiger partial charge in [0, 0.05) is 5.92 Å². The van der Waals surface area contributed by atoms with Gasteiger partial charge in [0.1, 0.15) is 0 Å². The lowest BCUT2D eigenvalue weighted by atomic mass is 9.92. The Morgan fingerprint density at radius 2 is 2.00 bits per heavy atom. The molecule has 2 atom stereocenters. The second-order valence-electron chi connectivity index (χ2n) is 4.48. The standard InChI is InChI=1S/C12H20O/c13-12-9-5-8-11(12)10-6-3-1-2-4-7-10/h6,11-13H,1-5,7-9H2/t11-,12+/m0/s1. The first kappa shape index (κ1) is 9.26. The summed E-state index contributed by atoms with van der Waals surface area (Å²) in [6.45, 7) is 0. The second kappa shape index (κ2) is 4.28. The molecular formula is C12H20O. The summed E-state index contributed by atoms with van der Waals surface area (Å²) in [5.41, 5.74) is 1.57. The van der Waals surface area contributed by atoms with Crippen molar-refractivity contribution in [3.05, 3.63) is 11.6 Å². The normalized spacial score (nSPS) is 35.6. The van der Waals surface area contributed by atoms with Gasteiger partial charge in [-0.1, -0.05) is 24.5 Å². The lowest BCUT2D eigenvalue weighted by Crippen LogP contribution is -2.15. The van der Waals surface area contributed by atoms with Crippen molar-refractivity contribution < 1.29 is 5.11 Å². The highest BCUT2D eigenvalue weighted by Gasteiger charge is 2.28. The molecule has 0 unspecified atom stereocenters. The smallest absolute Gasteiger partial charge is 0.0605 e. The molecule has 1 heteroatoms. The Balaban J connectivity index is 2.00. The highest BCUT2D eigenvalue weighted by Crippen LogP contribution is 2.35. The molecular weight excluding hydrogens is 160 g/mol. The molecule has 0 aromatic carbocycles. The first-order valence-electron chi connectivity index (χ1n) is 5.75. The van der Waals surface area contributed by atoms with E-state index in [2.05, 4.69) is 6.08 Å².